The third-order valence-corrected chi connectivity index (χ3v) is 5.90. The van der Waals surface area contributed by atoms with Crippen LogP contribution in [0.25, 0.3) is 10.9 Å². The van der Waals surface area contributed by atoms with Gasteiger partial charge in [-0.25, -0.2) is 14.0 Å². The van der Waals surface area contributed by atoms with E-state index in [0.29, 0.717) is 5.75 Å². The lowest BCUT2D eigenvalue weighted by molar-refractivity contribution is 0.0691. The zero-order valence-electron chi connectivity index (χ0n) is 19.4. The van der Waals surface area contributed by atoms with Gasteiger partial charge in [0.05, 0.1) is 29.6 Å². The second kappa shape index (κ2) is 9.87. The van der Waals surface area contributed by atoms with Gasteiger partial charge in [-0.15, -0.1) is 0 Å². The number of carboxylic acids is 1. The number of H-pyrrole nitrogens is 1. The summed E-state index contributed by atoms with van der Waals surface area (Å²) in [5.41, 5.74) is -0.363. The molecule has 1 atom stereocenters. The lowest BCUT2D eigenvalue weighted by atomic mass is 10.0. The Labute approximate surface area is 203 Å². The van der Waals surface area contributed by atoms with Crippen LogP contribution in [0.5, 0.6) is 5.75 Å². The normalized spacial score (nSPS) is 11.8. The fourth-order valence-electron chi connectivity index (χ4n) is 3.86. The number of amides is 1. The highest BCUT2D eigenvalue weighted by atomic mass is 19.1. The van der Waals surface area contributed by atoms with Gasteiger partial charge in [-0.3, -0.25) is 14.2 Å². The van der Waals surface area contributed by atoms with Gasteiger partial charge in [0.1, 0.15) is 11.6 Å². The molecule has 184 valence electrons. The van der Waals surface area contributed by atoms with E-state index < -0.39 is 40.5 Å². The van der Waals surface area contributed by atoms with Gasteiger partial charge >= 0.3 is 11.7 Å². The molecule has 4 aromatic rings. The Morgan fingerprint density at radius 3 is 2.44 bits per heavy atom. The van der Waals surface area contributed by atoms with Crippen molar-refractivity contribution >= 4 is 22.8 Å². The second-order valence-corrected chi connectivity index (χ2v) is 8.12. The molecular formula is C26H22FN3O6. The van der Waals surface area contributed by atoms with E-state index in [1.54, 1.807) is 19.2 Å². The SMILES string of the molecule is COc1ccc(CNC(=O)c2ccc3[nH]c(=O)n(C(C)c4ccc(C(=O)O)c(F)c4)c(=O)c3c2)cc1. The topological polar surface area (TPSA) is 130 Å². The van der Waals surface area contributed by atoms with E-state index in [2.05, 4.69) is 10.3 Å². The number of fused-ring (bicyclic) bond motifs is 1. The molecule has 4 rings (SSSR count). The molecule has 3 N–H and O–H groups in total. The lowest BCUT2D eigenvalue weighted by Gasteiger charge is -2.16. The largest absolute Gasteiger partial charge is 0.497 e. The number of nitrogens with zero attached hydrogens (tertiary/aromatic N) is 1. The van der Waals surface area contributed by atoms with Gasteiger partial charge < -0.3 is 20.1 Å². The fraction of sp³-hybridized carbons (Fsp3) is 0.154. The Kier molecular flexibility index (Phi) is 6.69. The summed E-state index contributed by atoms with van der Waals surface area (Å²) < 4.78 is 20.2. The number of halogens is 1. The highest BCUT2D eigenvalue weighted by molar-refractivity contribution is 5.97. The number of hydrogen-bond donors (Lipinski definition) is 3. The molecule has 0 radical (unpaired) electrons. The Balaban J connectivity index is 1.64. The van der Waals surface area contributed by atoms with E-state index in [1.807, 2.05) is 12.1 Å². The number of aromatic nitrogens is 2. The standard InChI is InChI=1S/C26H22FN3O6/c1-14(16-5-9-19(25(33)34)21(27)12-16)30-24(32)20-11-17(6-10-22(20)29-26(30)35)23(31)28-13-15-3-7-18(36-2)8-4-15/h3-12,14H,13H2,1-2H3,(H,28,31)(H,29,35)(H,33,34). The molecular weight excluding hydrogens is 469 g/mol. The minimum Gasteiger partial charge on any atom is -0.497 e. The molecule has 0 fully saturated rings. The number of aromatic amines is 1. The summed E-state index contributed by atoms with van der Waals surface area (Å²) in [6, 6.07) is 14.0. The quantitative estimate of drug-likeness (QED) is 0.364. The maximum Gasteiger partial charge on any atom is 0.338 e. The number of methoxy groups -OCH3 is 1. The van der Waals surface area contributed by atoms with Crippen LogP contribution in [0.1, 0.15) is 44.8 Å². The van der Waals surface area contributed by atoms with Gasteiger partial charge in [0.2, 0.25) is 0 Å². The van der Waals surface area contributed by atoms with Gasteiger partial charge in [-0.1, -0.05) is 18.2 Å². The smallest absolute Gasteiger partial charge is 0.338 e. The number of hydrogen-bond acceptors (Lipinski definition) is 5. The first kappa shape index (κ1) is 24.4. The van der Waals surface area contributed by atoms with E-state index in [-0.39, 0.29) is 28.6 Å². The highest BCUT2D eigenvalue weighted by Gasteiger charge is 2.19. The number of carboxylic acid groups (broad SMARTS) is 1. The molecule has 1 aromatic heterocycles. The van der Waals surface area contributed by atoms with E-state index in [1.165, 1.54) is 31.2 Å². The first-order valence-electron chi connectivity index (χ1n) is 10.9. The Morgan fingerprint density at radius 2 is 1.81 bits per heavy atom. The Hall–Kier alpha value is -4.73. The molecule has 0 spiro atoms. The number of benzene rings is 3. The maximum absolute atomic E-state index is 14.2. The summed E-state index contributed by atoms with van der Waals surface area (Å²) in [6.07, 6.45) is 0. The van der Waals surface area contributed by atoms with E-state index in [4.69, 9.17) is 9.84 Å². The Bertz CT molecular complexity index is 1590. The highest BCUT2D eigenvalue weighted by Crippen LogP contribution is 2.20. The summed E-state index contributed by atoms with van der Waals surface area (Å²) in [6.45, 7) is 1.77. The van der Waals surface area contributed by atoms with Crippen molar-refractivity contribution < 1.29 is 23.8 Å². The number of aromatic carboxylic acids is 1. The number of carbonyl (C=O) groups excluding carboxylic acids is 1. The summed E-state index contributed by atoms with van der Waals surface area (Å²) in [5.74, 6) is -2.12. The van der Waals surface area contributed by atoms with Crippen molar-refractivity contribution in [3.63, 3.8) is 0 Å². The second-order valence-electron chi connectivity index (χ2n) is 8.12. The first-order chi connectivity index (χ1) is 17.2. The first-order valence-corrected chi connectivity index (χ1v) is 10.9. The molecule has 36 heavy (non-hydrogen) atoms. The van der Waals surface area contributed by atoms with Crippen molar-refractivity contribution in [1.29, 1.82) is 0 Å². The van der Waals surface area contributed by atoms with Crippen LogP contribution >= 0.6 is 0 Å². The zero-order chi connectivity index (χ0) is 26.0. The molecule has 3 aromatic carbocycles. The molecule has 9 nitrogen and oxygen atoms in total. The maximum atomic E-state index is 14.2. The number of nitrogens with one attached hydrogen (secondary N) is 2. The van der Waals surface area contributed by atoms with Crippen LogP contribution in [0.4, 0.5) is 4.39 Å². The van der Waals surface area contributed by atoms with Crippen LogP contribution in [-0.2, 0) is 6.54 Å². The zero-order valence-corrected chi connectivity index (χ0v) is 19.4. The van der Waals surface area contributed by atoms with Gasteiger partial charge in [0.25, 0.3) is 11.5 Å². The van der Waals surface area contributed by atoms with E-state index in [9.17, 15) is 23.6 Å². The minimum atomic E-state index is -1.43. The van der Waals surface area contributed by atoms with Gasteiger partial charge in [-0.05, 0) is 60.5 Å². The lowest BCUT2D eigenvalue weighted by Crippen LogP contribution is -2.37. The van der Waals surface area contributed by atoms with Gasteiger partial charge in [0.15, 0.2) is 0 Å². The van der Waals surface area contributed by atoms with Crippen molar-refractivity contribution in [3.05, 3.63) is 110 Å². The number of ether oxygens (including phenoxy) is 1. The molecule has 1 unspecified atom stereocenters. The number of carbonyl (C=O) groups is 2. The molecule has 0 bridgehead atoms. The van der Waals surface area contributed by atoms with E-state index >= 15 is 0 Å². The molecule has 10 heteroatoms. The van der Waals surface area contributed by atoms with Crippen molar-refractivity contribution in [1.82, 2.24) is 14.9 Å². The molecule has 1 heterocycles. The third-order valence-electron chi connectivity index (χ3n) is 5.90. The minimum absolute atomic E-state index is 0.0983. The average Bonchev–Trinajstić information content (AvgIpc) is 2.87. The van der Waals surface area contributed by atoms with Crippen LogP contribution in [-0.4, -0.2) is 33.6 Å². The molecule has 0 saturated heterocycles. The van der Waals surface area contributed by atoms with E-state index in [0.717, 1.165) is 22.3 Å². The van der Waals surface area contributed by atoms with Crippen molar-refractivity contribution in [2.45, 2.75) is 19.5 Å². The van der Waals surface area contributed by atoms with Crippen LogP contribution in [0.3, 0.4) is 0 Å². The van der Waals surface area contributed by atoms with Crippen LogP contribution in [0.15, 0.2) is 70.3 Å². The van der Waals surface area contributed by atoms with Gasteiger partial charge in [-0.2, -0.15) is 0 Å². The number of rotatable bonds is 7. The summed E-state index contributed by atoms with van der Waals surface area (Å²) in [5, 5.41) is 11.9. The molecule has 0 aliphatic heterocycles. The molecule has 0 saturated carbocycles. The third kappa shape index (κ3) is 4.74. The summed E-state index contributed by atoms with van der Waals surface area (Å²) in [4.78, 5) is 52.3. The average molecular weight is 491 g/mol. The predicted octanol–water partition coefficient (Wildman–Crippen LogP) is 3.08. The molecule has 0 aliphatic carbocycles. The van der Waals surface area contributed by atoms with Crippen LogP contribution < -0.4 is 21.3 Å². The Morgan fingerprint density at radius 1 is 1.08 bits per heavy atom. The summed E-state index contributed by atoms with van der Waals surface area (Å²) in [7, 11) is 1.56. The van der Waals surface area contributed by atoms with Crippen LogP contribution in [0, 0.1) is 5.82 Å². The monoisotopic (exact) mass is 491 g/mol. The van der Waals surface area contributed by atoms with Crippen molar-refractivity contribution in [2.24, 2.45) is 0 Å². The summed E-state index contributed by atoms with van der Waals surface area (Å²) >= 11 is 0. The molecule has 1 amide bonds. The van der Waals surface area contributed by atoms with Gasteiger partial charge in [0, 0.05) is 12.1 Å². The van der Waals surface area contributed by atoms with Crippen LogP contribution in [0.2, 0.25) is 0 Å². The van der Waals surface area contributed by atoms with Crippen molar-refractivity contribution in [2.75, 3.05) is 7.11 Å². The van der Waals surface area contributed by atoms with Crippen molar-refractivity contribution in [3.8, 4) is 5.75 Å². The predicted molar refractivity (Wildman–Crippen MR) is 130 cm³/mol. The molecule has 0 aliphatic rings. The fourth-order valence-corrected chi connectivity index (χ4v) is 3.86.